The number of aliphatic hydroxyl groups excluding tert-OH is 1. The maximum Gasteiger partial charge on any atom is 0.304 e. The molecule has 0 spiro atoms. The number of hydrogen-bond donors (Lipinski definition) is 3. The predicted molar refractivity (Wildman–Crippen MR) is 603 cm³/mol. The van der Waals surface area contributed by atoms with Crippen molar-refractivity contribution in [2.75, 3.05) is 78.5 Å². The molecule has 1 aromatic heterocycles. The molecule has 3 N–H and O–H groups in total. The number of thiazole rings is 1. The summed E-state index contributed by atoms with van der Waals surface area (Å²) in [5.41, 5.74) is 4.10. The molecule has 0 bridgehead atoms. The third-order valence-electron chi connectivity index (χ3n) is 29.7. The smallest absolute Gasteiger partial charge is 0.304 e. The van der Waals surface area contributed by atoms with E-state index >= 15 is 0 Å². The van der Waals surface area contributed by atoms with Gasteiger partial charge in [-0.25, -0.2) is 0 Å². The second kappa shape index (κ2) is 56.2. The van der Waals surface area contributed by atoms with E-state index in [1.54, 1.807) is 6.92 Å². The van der Waals surface area contributed by atoms with Crippen molar-refractivity contribution in [2.24, 2.45) is 129 Å². The Morgan fingerprint density at radius 1 is 0.314 bits per heavy atom. The fraction of sp³-hybridized carbons (Fsp3) is 0.927. The Morgan fingerprint density at radius 2 is 0.521 bits per heavy atom. The normalized spacial score (nSPS) is 18.6. The number of aromatic amines is 1. The first-order valence-corrected chi connectivity index (χ1v) is 57.5. The Morgan fingerprint density at radius 3 is 0.686 bits per heavy atom. The van der Waals surface area contributed by atoms with E-state index in [4.69, 9.17) is 0 Å². The summed E-state index contributed by atoms with van der Waals surface area (Å²) in [6.45, 7) is 115. The molecule has 7 unspecified atom stereocenters. The van der Waals surface area contributed by atoms with Crippen molar-refractivity contribution in [3.63, 3.8) is 0 Å². The summed E-state index contributed by atoms with van der Waals surface area (Å²) in [5, 5.41) is 21.2. The largest absolute Gasteiger partial charge is 0.389 e. The van der Waals surface area contributed by atoms with Crippen LogP contribution in [0.4, 0.5) is 0 Å². The summed E-state index contributed by atoms with van der Waals surface area (Å²) in [7, 11) is 0. The number of H-pyrrole nitrogens is 1. The number of carbonyl (C=O) groups is 6. The van der Waals surface area contributed by atoms with Gasteiger partial charge in [0.05, 0.1) is 24.8 Å². The van der Waals surface area contributed by atoms with Crippen LogP contribution in [0.25, 0.3) is 0 Å². The number of carbonyl (C=O) groups excluding carboxylic acids is 6. The molecule has 16 nitrogen and oxygen atoms in total. The molecule has 17 heteroatoms. The van der Waals surface area contributed by atoms with Crippen LogP contribution in [0.15, 0.2) is 10.2 Å². The summed E-state index contributed by atoms with van der Waals surface area (Å²) in [6, 6.07) is 0. The number of aromatic nitrogens is 1. The molecule has 7 heterocycles. The van der Waals surface area contributed by atoms with Crippen LogP contribution < -0.4 is 4.87 Å². The molecule has 7 atom stereocenters. The number of likely N-dealkylation sites (tertiary alicyclic amines) is 6. The van der Waals surface area contributed by atoms with Crippen molar-refractivity contribution in [2.45, 2.75) is 529 Å². The molecule has 0 saturated carbocycles. The summed E-state index contributed by atoms with van der Waals surface area (Å²) in [5.74, 6) is 4.77. The van der Waals surface area contributed by atoms with E-state index in [1.807, 2.05) is 20.1 Å². The first-order chi connectivity index (χ1) is 62.9. The first kappa shape index (κ1) is 134. The number of β-amino-alcohol motifs (C(OH)–C–C–N with tert-alkyl or cyclic N) is 2. The van der Waals surface area contributed by atoms with Gasteiger partial charge in [-0.2, -0.15) is 0 Å². The van der Waals surface area contributed by atoms with Crippen LogP contribution in [0, 0.1) is 129 Å². The van der Waals surface area contributed by atoms with Crippen molar-refractivity contribution < 1.29 is 39.0 Å². The van der Waals surface area contributed by atoms with E-state index in [1.165, 1.54) is 140 Å². The Labute approximate surface area is 871 Å². The average molecular weight is 1990 g/mol. The lowest BCUT2D eigenvalue weighted by molar-refractivity contribution is -0.160. The number of hydrogen-bond acceptors (Lipinski definition) is 10. The molecule has 6 aliphatic rings. The summed E-state index contributed by atoms with van der Waals surface area (Å²) >= 11 is 1.28. The molecule has 0 radical (unpaired) electrons. The van der Waals surface area contributed by atoms with E-state index in [2.05, 4.69) is 338 Å². The minimum atomic E-state index is -0.676. The third-order valence-corrected chi connectivity index (χ3v) is 30.4. The highest BCUT2D eigenvalue weighted by Gasteiger charge is 2.47. The molecule has 824 valence electrons. The highest BCUT2D eigenvalue weighted by Crippen LogP contribution is 2.45. The van der Waals surface area contributed by atoms with Crippen LogP contribution in [0.1, 0.15) is 523 Å². The van der Waals surface area contributed by atoms with Gasteiger partial charge < -0.3 is 44.6 Å². The first-order valence-electron chi connectivity index (χ1n) is 56.7. The lowest BCUT2D eigenvalue weighted by atomic mass is 9.74. The van der Waals surface area contributed by atoms with Gasteiger partial charge in [-0.3, -0.25) is 33.6 Å². The van der Waals surface area contributed by atoms with Gasteiger partial charge in [0.15, 0.2) is 0 Å². The average Bonchev–Trinajstić information content (AvgIpc) is 0.842. The van der Waals surface area contributed by atoms with Crippen molar-refractivity contribution in [1.29, 1.82) is 0 Å². The second-order valence-corrected chi connectivity index (χ2v) is 63.3. The predicted octanol–water partition coefficient (Wildman–Crippen LogP) is 31.6. The molecule has 6 aliphatic heterocycles. The molecule has 6 saturated heterocycles. The minimum Gasteiger partial charge on any atom is -0.389 e. The molecule has 0 aliphatic carbocycles. The number of rotatable bonds is 35. The third kappa shape index (κ3) is 56.5. The summed E-state index contributed by atoms with van der Waals surface area (Å²) in [6.07, 6.45) is 33.5. The van der Waals surface area contributed by atoms with Crippen LogP contribution in [-0.2, 0) is 28.8 Å². The summed E-state index contributed by atoms with van der Waals surface area (Å²) < 4.78 is 0. The highest BCUT2D eigenvalue weighted by atomic mass is 32.1. The molecule has 7 rings (SSSR count). The zero-order valence-corrected chi connectivity index (χ0v) is 103. The van der Waals surface area contributed by atoms with Gasteiger partial charge in [0.1, 0.15) is 0 Å². The maximum atomic E-state index is 12.8. The zero-order valence-electron chi connectivity index (χ0n) is 102. The molecular weight excluding hydrogens is 1750 g/mol. The standard InChI is InChI=1S/C19H37NO.C18H35NO2.2C18H35NO.C17H33NO2.C17H33NO.C16H29NOS/c1-17(2,3)12-10-9-11-15(18(4,5)6)16(21)20-13-19(7,8)14-20;1-16(2,3)11-9-8-10-14(17(4,5)6)15(20)19-12-18(7,21)13-19;2*1-14-12-19(13-14)16(20)15(18(5,6)7)10-8-9-11-17(2,3)4;1-16(2,3)10-8-7-9-14(17(4,5)6)15(20)18-11-13(19)12-18;1-16(2,3)11-8-7-10-14(17(4,5)6)15(19)18-12-9-13-18;1-15(2,3)10-8-7-9-12(16(4,5)6)13-11-19-14(18)17-13/h15H,9-14H2,1-8H3;14,21H,8-13H2,1-7H3;2*14-15H,8-13H2,1-7H3;13-14,19H,7-12H2,1-6H3;14H,7-13H2,1-6H3;11-12H,7-10H2,1-6H3,(H,17,18). The van der Waals surface area contributed by atoms with Gasteiger partial charge >= 0.3 is 4.87 Å². The number of nitrogens with one attached hydrogen (secondary N) is 1. The molecule has 6 fully saturated rings. The highest BCUT2D eigenvalue weighted by molar-refractivity contribution is 7.07. The SMILES string of the molecule is CC(C)(C)CCCCC(C(=O)N1CC(C)(C)C1)C(C)(C)C.CC(C)(C)CCCCC(C(=O)N1CC(C)(O)C1)C(C)(C)C.CC(C)(C)CCCCC(C(=O)N1CC(O)C1)C(C)(C)C.CC(C)(C)CCCCC(C(=O)N1CCC1)C(C)(C)C.CC(C)(C)CCCCC(c1csc(=O)[nH]1)C(C)(C)C.CC1CN(C(=O)C(CCCCC(C)(C)C)C(C)(C)C)C1.CC1CN(C(=O)C(CCCCC(C)(C)C)C(C)(C)C)C1. The minimum absolute atomic E-state index is 0.000637. The van der Waals surface area contributed by atoms with Gasteiger partial charge in [-0.15, -0.1) is 0 Å². The maximum absolute atomic E-state index is 12.8. The van der Waals surface area contributed by atoms with Gasteiger partial charge in [0.25, 0.3) is 0 Å². The number of unbranched alkanes of at least 4 members (excludes halogenated alkanes) is 7. The zero-order chi connectivity index (χ0) is 109. The lowest BCUT2D eigenvalue weighted by Gasteiger charge is -2.48. The fourth-order valence-corrected chi connectivity index (χ4v) is 21.1. The Hall–Kier alpha value is -3.83. The Kier molecular flexibility index (Phi) is 53.8. The van der Waals surface area contributed by atoms with Gasteiger partial charge in [0, 0.05) is 118 Å². The van der Waals surface area contributed by atoms with E-state index in [-0.39, 0.29) is 96.2 Å². The molecule has 140 heavy (non-hydrogen) atoms. The number of aliphatic hydroxyl groups is 2. The van der Waals surface area contributed by atoms with Crippen LogP contribution in [0.2, 0.25) is 0 Å². The van der Waals surface area contributed by atoms with Gasteiger partial charge in [0.2, 0.25) is 35.4 Å². The fourth-order valence-electron chi connectivity index (χ4n) is 20.4. The topological polar surface area (TPSA) is 195 Å². The number of amides is 6. The number of nitrogens with zero attached hydrogens (tertiary/aromatic N) is 6. The van der Waals surface area contributed by atoms with Crippen molar-refractivity contribution in [1.82, 2.24) is 34.4 Å². The van der Waals surface area contributed by atoms with E-state index < -0.39 is 5.60 Å². The van der Waals surface area contributed by atoms with Crippen LogP contribution >= 0.6 is 11.3 Å². The van der Waals surface area contributed by atoms with Crippen LogP contribution in [0.5, 0.6) is 0 Å². The Bertz CT molecular complexity index is 3510. The molecular formula is C123H237N7O9S. The van der Waals surface area contributed by atoms with E-state index in [9.17, 15) is 43.8 Å². The van der Waals surface area contributed by atoms with Crippen molar-refractivity contribution in [3.05, 3.63) is 20.7 Å². The quantitative estimate of drug-likeness (QED) is 0.0554. The molecule has 6 amide bonds. The van der Waals surface area contributed by atoms with Gasteiger partial charge in [-0.1, -0.05) is 420 Å². The summed E-state index contributed by atoms with van der Waals surface area (Å²) in [4.78, 5) is 102. The monoisotopic (exact) mass is 1990 g/mol. The molecule has 0 aromatic carbocycles. The lowest BCUT2D eigenvalue weighted by Crippen LogP contribution is -2.63. The van der Waals surface area contributed by atoms with Crippen molar-refractivity contribution in [3.8, 4) is 0 Å². The van der Waals surface area contributed by atoms with E-state index in [0.29, 0.717) is 111 Å². The van der Waals surface area contributed by atoms with E-state index in [0.717, 1.165) is 116 Å². The molecule has 1 aromatic rings. The second-order valence-electron chi connectivity index (χ2n) is 62.5. The van der Waals surface area contributed by atoms with Crippen LogP contribution in [-0.4, -0.2) is 170 Å². The Balaban J connectivity index is 0.000000817. The van der Waals surface area contributed by atoms with Crippen molar-refractivity contribution >= 4 is 46.8 Å². The van der Waals surface area contributed by atoms with Gasteiger partial charge in [-0.05, 0) is 196 Å². The van der Waals surface area contributed by atoms with Crippen LogP contribution in [0.3, 0.4) is 0 Å².